The highest BCUT2D eigenvalue weighted by atomic mass is 15.0. The van der Waals surface area contributed by atoms with Crippen LogP contribution >= 0.6 is 0 Å². The van der Waals surface area contributed by atoms with Crippen LogP contribution in [0.1, 0.15) is 41.3 Å². The quantitative estimate of drug-likeness (QED) is 0.768. The predicted octanol–water partition coefficient (Wildman–Crippen LogP) is 3.52. The highest BCUT2D eigenvalue weighted by molar-refractivity contribution is 5.90. The number of H-pyrrole nitrogens is 1. The van der Waals surface area contributed by atoms with Crippen LogP contribution in [-0.2, 0) is 0 Å². The van der Waals surface area contributed by atoms with E-state index in [2.05, 4.69) is 43.2 Å². The minimum Gasteiger partial charge on any atom is -0.357 e. The lowest BCUT2D eigenvalue weighted by molar-refractivity contribution is 0.629. The summed E-state index contributed by atoms with van der Waals surface area (Å²) in [5, 5.41) is 5.01. The van der Waals surface area contributed by atoms with E-state index in [1.807, 2.05) is 0 Å². The Hall–Kier alpha value is -1.28. The number of aryl methyl sites for hydroxylation is 3. The normalized spacial score (nSPS) is 20.3. The summed E-state index contributed by atoms with van der Waals surface area (Å²) in [5.74, 6) is 0. The molecule has 0 aliphatic carbocycles. The van der Waals surface area contributed by atoms with Crippen molar-refractivity contribution in [1.29, 1.82) is 0 Å². The molecule has 1 aromatic carbocycles. The maximum atomic E-state index is 3.65. The monoisotopic (exact) mass is 228 g/mol. The van der Waals surface area contributed by atoms with Crippen LogP contribution in [0.15, 0.2) is 12.1 Å². The largest absolute Gasteiger partial charge is 0.357 e. The van der Waals surface area contributed by atoms with Crippen molar-refractivity contribution in [2.75, 3.05) is 6.54 Å². The van der Waals surface area contributed by atoms with Gasteiger partial charge in [0.2, 0.25) is 0 Å². The second kappa shape index (κ2) is 3.88. The molecule has 2 aromatic rings. The summed E-state index contributed by atoms with van der Waals surface area (Å²) in [4.78, 5) is 3.65. The smallest absolute Gasteiger partial charge is 0.0491 e. The van der Waals surface area contributed by atoms with Gasteiger partial charge < -0.3 is 10.3 Å². The van der Waals surface area contributed by atoms with Crippen molar-refractivity contribution in [3.8, 4) is 0 Å². The average Bonchev–Trinajstić information content (AvgIpc) is 2.91. The Balaban J connectivity index is 2.24. The Bertz CT molecular complexity index is 560. The fourth-order valence-corrected chi connectivity index (χ4v) is 3.10. The SMILES string of the molecule is Cc1ccc(C)c2c(C)c(C3CCCN3)[nH]c12. The van der Waals surface area contributed by atoms with E-state index in [1.54, 1.807) is 0 Å². The molecule has 1 saturated heterocycles. The molecule has 2 N–H and O–H groups in total. The molecule has 1 fully saturated rings. The lowest BCUT2D eigenvalue weighted by atomic mass is 10.0. The van der Waals surface area contributed by atoms with Gasteiger partial charge in [0.15, 0.2) is 0 Å². The first-order chi connectivity index (χ1) is 8.18. The second-order valence-electron chi connectivity index (χ2n) is 5.26. The number of rotatable bonds is 1. The van der Waals surface area contributed by atoms with Gasteiger partial charge in [0.25, 0.3) is 0 Å². The summed E-state index contributed by atoms with van der Waals surface area (Å²) in [7, 11) is 0. The molecule has 0 spiro atoms. The predicted molar refractivity (Wildman–Crippen MR) is 72.5 cm³/mol. The molecule has 2 heteroatoms. The number of hydrogen-bond acceptors (Lipinski definition) is 1. The highest BCUT2D eigenvalue weighted by Crippen LogP contribution is 2.33. The maximum Gasteiger partial charge on any atom is 0.0491 e. The van der Waals surface area contributed by atoms with E-state index in [4.69, 9.17) is 0 Å². The van der Waals surface area contributed by atoms with E-state index in [0.29, 0.717) is 6.04 Å². The summed E-state index contributed by atoms with van der Waals surface area (Å²) >= 11 is 0. The number of hydrogen-bond donors (Lipinski definition) is 2. The average molecular weight is 228 g/mol. The van der Waals surface area contributed by atoms with Gasteiger partial charge in [-0.2, -0.15) is 0 Å². The summed E-state index contributed by atoms with van der Waals surface area (Å²) in [5.41, 5.74) is 6.88. The van der Waals surface area contributed by atoms with Gasteiger partial charge >= 0.3 is 0 Å². The van der Waals surface area contributed by atoms with E-state index in [1.165, 1.54) is 46.1 Å². The fraction of sp³-hybridized carbons (Fsp3) is 0.467. The van der Waals surface area contributed by atoms with Crippen LogP contribution in [0.2, 0.25) is 0 Å². The minimum absolute atomic E-state index is 0.529. The fourth-order valence-electron chi connectivity index (χ4n) is 3.10. The molecule has 2 heterocycles. The first kappa shape index (κ1) is 10.8. The van der Waals surface area contributed by atoms with Crippen LogP contribution in [0, 0.1) is 20.8 Å². The standard InChI is InChI=1S/C15H20N2/c1-9-6-7-10(2)14-13(9)11(3)15(17-14)12-5-4-8-16-12/h6-7,12,16-17H,4-5,8H2,1-3H3. The topological polar surface area (TPSA) is 27.8 Å². The first-order valence-electron chi connectivity index (χ1n) is 6.50. The molecule has 1 aliphatic rings. The van der Waals surface area contributed by atoms with Crippen LogP contribution in [0.3, 0.4) is 0 Å². The molecular weight excluding hydrogens is 208 g/mol. The first-order valence-corrected chi connectivity index (χ1v) is 6.50. The molecule has 0 amide bonds. The van der Waals surface area contributed by atoms with Crippen LogP contribution in [0.4, 0.5) is 0 Å². The van der Waals surface area contributed by atoms with E-state index in [0.717, 1.165) is 6.54 Å². The summed E-state index contributed by atoms with van der Waals surface area (Å²) in [6.45, 7) is 7.79. The molecule has 1 aliphatic heterocycles. The van der Waals surface area contributed by atoms with Crippen LogP contribution < -0.4 is 5.32 Å². The van der Waals surface area contributed by atoms with Gasteiger partial charge in [-0.15, -0.1) is 0 Å². The molecule has 17 heavy (non-hydrogen) atoms. The van der Waals surface area contributed by atoms with Crippen molar-refractivity contribution in [1.82, 2.24) is 10.3 Å². The summed E-state index contributed by atoms with van der Waals surface area (Å²) in [6, 6.07) is 4.96. The third-order valence-corrected chi connectivity index (χ3v) is 4.07. The molecule has 2 nitrogen and oxygen atoms in total. The van der Waals surface area contributed by atoms with Gasteiger partial charge in [0.05, 0.1) is 0 Å². The van der Waals surface area contributed by atoms with Crippen LogP contribution in [0.25, 0.3) is 10.9 Å². The Labute approximate surface area is 102 Å². The number of benzene rings is 1. The van der Waals surface area contributed by atoms with Gasteiger partial charge in [-0.25, -0.2) is 0 Å². The Morgan fingerprint density at radius 1 is 1.12 bits per heavy atom. The van der Waals surface area contributed by atoms with Crippen molar-refractivity contribution in [2.24, 2.45) is 0 Å². The molecule has 90 valence electrons. The molecule has 3 rings (SSSR count). The van der Waals surface area contributed by atoms with Gasteiger partial charge in [0.1, 0.15) is 0 Å². The van der Waals surface area contributed by atoms with Crippen molar-refractivity contribution in [3.63, 3.8) is 0 Å². The van der Waals surface area contributed by atoms with E-state index in [-0.39, 0.29) is 0 Å². The third-order valence-electron chi connectivity index (χ3n) is 4.07. The number of aromatic amines is 1. The Kier molecular flexibility index (Phi) is 2.48. The molecule has 1 aromatic heterocycles. The summed E-state index contributed by atoms with van der Waals surface area (Å²) in [6.07, 6.45) is 2.54. The molecule has 0 saturated carbocycles. The van der Waals surface area contributed by atoms with Gasteiger partial charge in [-0.3, -0.25) is 0 Å². The minimum atomic E-state index is 0.529. The summed E-state index contributed by atoms with van der Waals surface area (Å²) < 4.78 is 0. The number of aromatic nitrogens is 1. The molecule has 0 bridgehead atoms. The van der Waals surface area contributed by atoms with Crippen LogP contribution in [0.5, 0.6) is 0 Å². The third kappa shape index (κ3) is 1.59. The highest BCUT2D eigenvalue weighted by Gasteiger charge is 2.21. The van der Waals surface area contributed by atoms with Gasteiger partial charge in [-0.05, 0) is 56.8 Å². The van der Waals surface area contributed by atoms with E-state index < -0.39 is 0 Å². The zero-order valence-electron chi connectivity index (χ0n) is 10.9. The zero-order chi connectivity index (χ0) is 12.0. The van der Waals surface area contributed by atoms with E-state index in [9.17, 15) is 0 Å². The Morgan fingerprint density at radius 2 is 1.88 bits per heavy atom. The second-order valence-corrected chi connectivity index (χ2v) is 5.26. The number of fused-ring (bicyclic) bond motifs is 1. The molecule has 1 atom stereocenters. The Morgan fingerprint density at radius 3 is 2.53 bits per heavy atom. The van der Waals surface area contributed by atoms with Crippen molar-refractivity contribution >= 4 is 10.9 Å². The molecule has 1 unspecified atom stereocenters. The lowest BCUT2D eigenvalue weighted by Crippen LogP contribution is -2.13. The molecule has 0 radical (unpaired) electrons. The van der Waals surface area contributed by atoms with Gasteiger partial charge in [-0.1, -0.05) is 12.1 Å². The zero-order valence-corrected chi connectivity index (χ0v) is 10.9. The molecular formula is C15H20N2. The van der Waals surface area contributed by atoms with Crippen molar-refractivity contribution in [3.05, 3.63) is 34.5 Å². The lowest BCUT2D eigenvalue weighted by Gasteiger charge is -2.09. The van der Waals surface area contributed by atoms with Crippen molar-refractivity contribution < 1.29 is 0 Å². The van der Waals surface area contributed by atoms with Gasteiger partial charge in [0, 0.05) is 22.6 Å². The van der Waals surface area contributed by atoms with Crippen LogP contribution in [-0.4, -0.2) is 11.5 Å². The van der Waals surface area contributed by atoms with E-state index >= 15 is 0 Å². The maximum absolute atomic E-state index is 3.65. The number of nitrogens with one attached hydrogen (secondary N) is 2. The van der Waals surface area contributed by atoms with Crippen molar-refractivity contribution in [2.45, 2.75) is 39.7 Å².